The summed E-state index contributed by atoms with van der Waals surface area (Å²) in [5, 5.41) is 9.27. The van der Waals surface area contributed by atoms with Gasteiger partial charge in [0.2, 0.25) is 0 Å². The molecule has 0 bridgehead atoms. The minimum Gasteiger partial charge on any atom is -0.497 e. The summed E-state index contributed by atoms with van der Waals surface area (Å²) >= 11 is 0. The smallest absolute Gasteiger partial charge is 0.414 e. The van der Waals surface area contributed by atoms with Crippen LogP contribution in [0.5, 0.6) is 5.75 Å². The molecule has 1 aromatic carbocycles. The van der Waals surface area contributed by atoms with Crippen molar-refractivity contribution in [3.63, 3.8) is 0 Å². The van der Waals surface area contributed by atoms with Gasteiger partial charge in [0.15, 0.2) is 6.10 Å². The van der Waals surface area contributed by atoms with Gasteiger partial charge in [-0.1, -0.05) is 0 Å². The highest BCUT2D eigenvalue weighted by Gasteiger charge is 2.39. The zero-order valence-corrected chi connectivity index (χ0v) is 12.0. The first-order chi connectivity index (χ1) is 9.74. The Morgan fingerprint density at radius 1 is 1.33 bits per heavy atom. The van der Waals surface area contributed by atoms with Crippen LogP contribution in [-0.2, 0) is 6.42 Å². The minimum absolute atomic E-state index is 0.0705. The van der Waals surface area contributed by atoms with Gasteiger partial charge in [0.25, 0.3) is 0 Å². The number of rotatable bonds is 4. The predicted molar refractivity (Wildman–Crippen MR) is 72.4 cm³/mol. The van der Waals surface area contributed by atoms with E-state index in [2.05, 4.69) is 4.98 Å². The van der Waals surface area contributed by atoms with Crippen LogP contribution in [0.4, 0.5) is 13.2 Å². The van der Waals surface area contributed by atoms with Gasteiger partial charge in [0.1, 0.15) is 11.6 Å². The quantitative estimate of drug-likeness (QED) is 0.944. The van der Waals surface area contributed by atoms with Gasteiger partial charge in [-0.25, -0.2) is 4.98 Å². The summed E-state index contributed by atoms with van der Waals surface area (Å²) in [6, 6.07) is 5.08. The number of fused-ring (bicyclic) bond motifs is 1. The number of nitrogens with zero attached hydrogens (tertiary/aromatic N) is 2. The monoisotopic (exact) mass is 302 g/mol. The molecule has 1 N–H and O–H groups in total. The molecule has 116 valence electrons. The van der Waals surface area contributed by atoms with Crippen molar-refractivity contribution in [2.75, 3.05) is 7.11 Å². The number of hydrogen-bond donors (Lipinski definition) is 1. The number of hydrogen-bond acceptors (Lipinski definition) is 3. The third-order valence-corrected chi connectivity index (χ3v) is 3.24. The average molecular weight is 302 g/mol. The van der Waals surface area contributed by atoms with Crippen molar-refractivity contribution < 1.29 is 23.0 Å². The van der Waals surface area contributed by atoms with E-state index in [-0.39, 0.29) is 11.9 Å². The lowest BCUT2D eigenvalue weighted by Crippen LogP contribution is -2.31. The molecule has 4 nitrogen and oxygen atoms in total. The van der Waals surface area contributed by atoms with E-state index in [0.29, 0.717) is 11.3 Å². The number of imidazole rings is 1. The minimum atomic E-state index is -4.66. The second-order valence-corrected chi connectivity index (χ2v) is 5.11. The maximum Gasteiger partial charge on any atom is 0.414 e. The van der Waals surface area contributed by atoms with E-state index >= 15 is 0 Å². The van der Waals surface area contributed by atoms with E-state index < -0.39 is 18.7 Å². The third kappa shape index (κ3) is 3.12. The largest absolute Gasteiger partial charge is 0.497 e. The Hall–Kier alpha value is -1.76. The fraction of sp³-hybridized carbons (Fsp3) is 0.500. The highest BCUT2D eigenvalue weighted by molar-refractivity contribution is 5.78. The molecule has 0 fully saturated rings. The van der Waals surface area contributed by atoms with Gasteiger partial charge >= 0.3 is 6.18 Å². The molecule has 0 radical (unpaired) electrons. The van der Waals surface area contributed by atoms with Crippen molar-refractivity contribution in [2.24, 2.45) is 0 Å². The lowest BCUT2D eigenvalue weighted by Gasteiger charge is -2.17. The number of benzene rings is 1. The number of methoxy groups -OCH3 is 1. The second-order valence-electron chi connectivity index (χ2n) is 5.11. The number of aromatic nitrogens is 2. The normalized spacial score (nSPS) is 13.9. The summed E-state index contributed by atoms with van der Waals surface area (Å²) in [7, 11) is 1.51. The van der Waals surface area contributed by atoms with E-state index in [9.17, 15) is 18.3 Å². The van der Waals surface area contributed by atoms with Crippen LogP contribution >= 0.6 is 0 Å². The first-order valence-electron chi connectivity index (χ1n) is 6.53. The average Bonchev–Trinajstić information content (AvgIpc) is 2.74. The van der Waals surface area contributed by atoms with E-state index in [1.807, 2.05) is 13.8 Å². The Morgan fingerprint density at radius 3 is 2.52 bits per heavy atom. The summed E-state index contributed by atoms with van der Waals surface area (Å²) in [6.45, 7) is 3.71. The molecule has 0 aliphatic carbocycles. The number of halogens is 3. The fourth-order valence-corrected chi connectivity index (χ4v) is 2.26. The van der Waals surface area contributed by atoms with Crippen LogP contribution in [-0.4, -0.2) is 34.0 Å². The Bertz CT molecular complexity index is 635. The molecule has 0 aliphatic rings. The Balaban J connectivity index is 2.49. The molecule has 7 heteroatoms. The maximum atomic E-state index is 12.5. The standard InChI is InChI=1S/C14H17F3N2O2/c1-8(2)19-11-5-4-9(21-3)6-10(11)18-13(19)7-12(20)14(15,16)17/h4-6,8,12,20H,7H2,1-3H3. The van der Waals surface area contributed by atoms with Crippen LogP contribution < -0.4 is 4.74 Å². The Labute approximate surface area is 120 Å². The first-order valence-corrected chi connectivity index (χ1v) is 6.53. The molecule has 0 spiro atoms. The van der Waals surface area contributed by atoms with Crippen LogP contribution in [0.1, 0.15) is 25.7 Å². The molecule has 21 heavy (non-hydrogen) atoms. The van der Waals surface area contributed by atoms with Crippen LogP contribution in [0.25, 0.3) is 11.0 Å². The van der Waals surface area contributed by atoms with Crippen molar-refractivity contribution in [3.8, 4) is 5.75 Å². The summed E-state index contributed by atoms with van der Waals surface area (Å²) in [5.74, 6) is 0.789. The lowest BCUT2D eigenvalue weighted by molar-refractivity contribution is -0.203. The van der Waals surface area contributed by atoms with E-state index in [4.69, 9.17) is 4.74 Å². The first kappa shape index (κ1) is 15.6. The van der Waals surface area contributed by atoms with Crippen molar-refractivity contribution >= 4 is 11.0 Å². The Kier molecular flexibility index (Phi) is 4.13. The van der Waals surface area contributed by atoms with Gasteiger partial charge in [-0.3, -0.25) is 0 Å². The van der Waals surface area contributed by atoms with Crippen molar-refractivity contribution in [2.45, 2.75) is 38.6 Å². The molecule has 2 rings (SSSR count). The predicted octanol–water partition coefficient (Wildman–Crippen LogP) is 3.09. The fourth-order valence-electron chi connectivity index (χ4n) is 2.26. The third-order valence-electron chi connectivity index (χ3n) is 3.24. The van der Waals surface area contributed by atoms with Gasteiger partial charge in [-0.2, -0.15) is 13.2 Å². The topological polar surface area (TPSA) is 47.3 Å². The molecule has 2 aromatic rings. The summed E-state index contributed by atoms with van der Waals surface area (Å²) in [4.78, 5) is 4.22. The zero-order valence-electron chi connectivity index (χ0n) is 12.0. The zero-order chi connectivity index (χ0) is 15.8. The number of ether oxygens (including phenoxy) is 1. The maximum absolute atomic E-state index is 12.5. The van der Waals surface area contributed by atoms with Crippen molar-refractivity contribution in [3.05, 3.63) is 24.0 Å². The van der Waals surface area contributed by atoms with Gasteiger partial charge < -0.3 is 14.4 Å². The molecular formula is C14H17F3N2O2. The van der Waals surface area contributed by atoms with Gasteiger partial charge in [-0.15, -0.1) is 0 Å². The van der Waals surface area contributed by atoms with E-state index in [0.717, 1.165) is 5.52 Å². The second kappa shape index (κ2) is 5.55. The lowest BCUT2D eigenvalue weighted by atomic mass is 10.2. The van der Waals surface area contributed by atoms with Gasteiger partial charge in [-0.05, 0) is 26.0 Å². The van der Waals surface area contributed by atoms with Crippen LogP contribution in [0, 0.1) is 0 Å². The molecule has 0 saturated carbocycles. The number of alkyl halides is 3. The summed E-state index contributed by atoms with van der Waals surface area (Å²) < 4.78 is 44.4. The van der Waals surface area contributed by atoms with Crippen molar-refractivity contribution in [1.29, 1.82) is 0 Å². The Morgan fingerprint density at radius 2 is 2.00 bits per heavy atom. The summed E-state index contributed by atoms with van der Waals surface area (Å²) in [6.07, 6.45) is -7.65. The number of aliphatic hydroxyl groups is 1. The summed E-state index contributed by atoms with van der Waals surface area (Å²) in [5.41, 5.74) is 1.27. The molecule has 1 heterocycles. The highest BCUT2D eigenvalue weighted by Crippen LogP contribution is 2.28. The molecule has 0 saturated heterocycles. The van der Waals surface area contributed by atoms with Crippen molar-refractivity contribution in [1.82, 2.24) is 9.55 Å². The number of aliphatic hydroxyl groups excluding tert-OH is 1. The van der Waals surface area contributed by atoms with Crippen LogP contribution in [0.3, 0.4) is 0 Å². The molecule has 1 aromatic heterocycles. The van der Waals surface area contributed by atoms with Crippen LogP contribution in [0.15, 0.2) is 18.2 Å². The molecule has 1 unspecified atom stereocenters. The molecule has 1 atom stereocenters. The van der Waals surface area contributed by atoms with E-state index in [1.165, 1.54) is 7.11 Å². The van der Waals surface area contributed by atoms with Gasteiger partial charge in [0, 0.05) is 18.5 Å². The highest BCUT2D eigenvalue weighted by atomic mass is 19.4. The van der Waals surface area contributed by atoms with E-state index in [1.54, 1.807) is 22.8 Å². The molecule has 0 amide bonds. The van der Waals surface area contributed by atoms with Crippen LogP contribution in [0.2, 0.25) is 0 Å². The van der Waals surface area contributed by atoms with Gasteiger partial charge in [0.05, 0.1) is 18.1 Å². The molecule has 0 aliphatic heterocycles. The molecular weight excluding hydrogens is 285 g/mol. The SMILES string of the molecule is COc1ccc2c(c1)nc(CC(O)C(F)(F)F)n2C(C)C.